The van der Waals surface area contributed by atoms with Crippen LogP contribution in [0.2, 0.25) is 0 Å². The van der Waals surface area contributed by atoms with Crippen LogP contribution in [0.3, 0.4) is 0 Å². The smallest absolute Gasteiger partial charge is 0.295 e. The van der Waals surface area contributed by atoms with E-state index in [1.165, 1.54) is 22.5 Å². The predicted molar refractivity (Wildman–Crippen MR) is 113 cm³/mol. The van der Waals surface area contributed by atoms with Crippen molar-refractivity contribution >= 4 is 33.0 Å². The van der Waals surface area contributed by atoms with E-state index in [0.717, 1.165) is 6.07 Å². The summed E-state index contributed by atoms with van der Waals surface area (Å²) in [5, 5.41) is 13.4. The average molecular weight is 454 g/mol. The molecule has 2 aromatic carbocycles. The lowest BCUT2D eigenvalue weighted by Gasteiger charge is -2.21. The van der Waals surface area contributed by atoms with Gasteiger partial charge in [-0.05, 0) is 31.2 Å². The van der Waals surface area contributed by atoms with E-state index in [9.17, 15) is 27.7 Å². The van der Waals surface area contributed by atoms with E-state index < -0.39 is 43.6 Å². The standard InChI is InChI=1S/C19H23FN4O6S/c1-4-23(5-2)31(28,29)17-11-13(7-8-16(17)30-6-3)22-19(25)14-9-12(20)10-15(18(14)21)24(26)27/h7-11H,4-6,21H2,1-3H3,(H,22,25). The lowest BCUT2D eigenvalue weighted by atomic mass is 10.1. The number of nitrogens with zero attached hydrogens (tertiary/aromatic N) is 2. The van der Waals surface area contributed by atoms with Crippen molar-refractivity contribution in [3.05, 3.63) is 51.8 Å². The lowest BCUT2D eigenvalue weighted by molar-refractivity contribution is -0.384. The number of ether oxygens (including phenoxy) is 1. The molecule has 12 heteroatoms. The van der Waals surface area contributed by atoms with Gasteiger partial charge in [-0.25, -0.2) is 12.8 Å². The Labute approximate surface area is 179 Å². The van der Waals surface area contributed by atoms with Gasteiger partial charge in [-0.1, -0.05) is 13.8 Å². The van der Waals surface area contributed by atoms with Gasteiger partial charge in [-0.15, -0.1) is 0 Å². The fourth-order valence-electron chi connectivity index (χ4n) is 2.91. The summed E-state index contributed by atoms with van der Waals surface area (Å²) in [5.41, 5.74) is 4.01. The Bertz CT molecular complexity index is 1100. The minimum Gasteiger partial charge on any atom is -0.492 e. The maximum absolute atomic E-state index is 13.8. The van der Waals surface area contributed by atoms with Crippen molar-refractivity contribution in [3.63, 3.8) is 0 Å². The molecule has 0 aliphatic heterocycles. The Morgan fingerprint density at radius 3 is 2.42 bits per heavy atom. The molecule has 0 saturated heterocycles. The molecular formula is C19H23FN4O6S. The van der Waals surface area contributed by atoms with Crippen LogP contribution >= 0.6 is 0 Å². The molecule has 0 bridgehead atoms. The average Bonchev–Trinajstić information content (AvgIpc) is 2.71. The van der Waals surface area contributed by atoms with Crippen LogP contribution in [0.5, 0.6) is 5.75 Å². The van der Waals surface area contributed by atoms with Crippen molar-refractivity contribution in [3.8, 4) is 5.75 Å². The van der Waals surface area contributed by atoms with Gasteiger partial charge in [-0.2, -0.15) is 4.31 Å². The Balaban J connectivity index is 2.50. The minimum absolute atomic E-state index is 0.0606. The van der Waals surface area contributed by atoms with Crippen LogP contribution in [0, 0.1) is 15.9 Å². The van der Waals surface area contributed by atoms with E-state index in [4.69, 9.17) is 10.5 Å². The molecule has 0 aliphatic rings. The van der Waals surface area contributed by atoms with Gasteiger partial charge in [0.1, 0.15) is 22.1 Å². The largest absolute Gasteiger partial charge is 0.492 e. The number of nitrogens with two attached hydrogens (primary N) is 1. The molecule has 0 heterocycles. The third kappa shape index (κ3) is 5.09. The summed E-state index contributed by atoms with van der Waals surface area (Å²) in [4.78, 5) is 22.6. The van der Waals surface area contributed by atoms with Crippen molar-refractivity contribution < 1.29 is 27.3 Å². The molecule has 0 spiro atoms. The van der Waals surface area contributed by atoms with E-state index in [-0.39, 0.29) is 36.0 Å². The van der Waals surface area contributed by atoms with Gasteiger partial charge in [-0.3, -0.25) is 14.9 Å². The van der Waals surface area contributed by atoms with Crippen LogP contribution in [-0.4, -0.2) is 43.2 Å². The van der Waals surface area contributed by atoms with Crippen LogP contribution in [0.4, 0.5) is 21.5 Å². The highest BCUT2D eigenvalue weighted by atomic mass is 32.2. The van der Waals surface area contributed by atoms with Crippen molar-refractivity contribution in [2.45, 2.75) is 25.7 Å². The zero-order chi connectivity index (χ0) is 23.3. The second kappa shape index (κ2) is 9.71. The van der Waals surface area contributed by atoms with Crippen molar-refractivity contribution in [1.82, 2.24) is 4.31 Å². The number of rotatable bonds is 9. The molecule has 0 saturated carbocycles. The van der Waals surface area contributed by atoms with Crippen molar-refractivity contribution in [2.75, 3.05) is 30.7 Å². The zero-order valence-corrected chi connectivity index (χ0v) is 18.0. The van der Waals surface area contributed by atoms with Crippen LogP contribution in [0.15, 0.2) is 35.2 Å². The maximum atomic E-state index is 13.8. The molecule has 2 aromatic rings. The molecule has 0 aromatic heterocycles. The number of nitro benzene ring substituents is 1. The van der Waals surface area contributed by atoms with Crippen molar-refractivity contribution in [2.24, 2.45) is 0 Å². The third-order valence-electron chi connectivity index (χ3n) is 4.39. The number of halogens is 1. The summed E-state index contributed by atoms with van der Waals surface area (Å²) in [5.74, 6) is -1.84. The molecule has 0 atom stereocenters. The van der Waals surface area contributed by atoms with E-state index >= 15 is 0 Å². The Kier molecular flexibility index (Phi) is 7.52. The number of nitrogens with one attached hydrogen (secondary N) is 1. The highest BCUT2D eigenvalue weighted by molar-refractivity contribution is 7.89. The van der Waals surface area contributed by atoms with Gasteiger partial charge < -0.3 is 15.8 Å². The predicted octanol–water partition coefficient (Wildman–Crippen LogP) is 3.00. The highest BCUT2D eigenvalue weighted by Crippen LogP contribution is 2.31. The summed E-state index contributed by atoms with van der Waals surface area (Å²) in [7, 11) is -3.93. The van der Waals surface area contributed by atoms with Crippen LogP contribution < -0.4 is 15.8 Å². The van der Waals surface area contributed by atoms with E-state index in [0.29, 0.717) is 6.07 Å². The molecule has 0 aliphatic carbocycles. The fraction of sp³-hybridized carbons (Fsp3) is 0.316. The van der Waals surface area contributed by atoms with Crippen LogP contribution in [0.25, 0.3) is 0 Å². The number of nitrogen functional groups attached to an aromatic ring is 1. The molecule has 168 valence electrons. The zero-order valence-electron chi connectivity index (χ0n) is 17.2. The molecular weight excluding hydrogens is 431 g/mol. The summed E-state index contributed by atoms with van der Waals surface area (Å²) in [6.07, 6.45) is 0. The lowest BCUT2D eigenvalue weighted by Crippen LogP contribution is -2.31. The van der Waals surface area contributed by atoms with Gasteiger partial charge in [0.25, 0.3) is 11.6 Å². The summed E-state index contributed by atoms with van der Waals surface area (Å²) < 4.78 is 46.4. The Hall–Kier alpha value is -3.25. The van der Waals surface area contributed by atoms with Crippen molar-refractivity contribution in [1.29, 1.82) is 0 Å². The molecule has 10 nitrogen and oxygen atoms in total. The molecule has 0 fully saturated rings. The Morgan fingerprint density at radius 1 is 1.23 bits per heavy atom. The number of nitro groups is 1. The topological polar surface area (TPSA) is 145 Å². The van der Waals surface area contributed by atoms with Gasteiger partial charge in [0, 0.05) is 18.8 Å². The number of carbonyl (C=O) groups is 1. The number of hydrogen-bond acceptors (Lipinski definition) is 7. The minimum atomic E-state index is -3.93. The number of carbonyl (C=O) groups excluding carboxylic acids is 1. The first kappa shape index (κ1) is 24.0. The molecule has 1 amide bonds. The van der Waals surface area contributed by atoms with E-state index in [1.54, 1.807) is 20.8 Å². The summed E-state index contributed by atoms with van der Waals surface area (Å²) in [6.45, 7) is 5.74. The first-order valence-electron chi connectivity index (χ1n) is 9.38. The first-order chi connectivity index (χ1) is 14.6. The monoisotopic (exact) mass is 454 g/mol. The fourth-order valence-corrected chi connectivity index (χ4v) is 4.52. The van der Waals surface area contributed by atoms with Gasteiger partial charge >= 0.3 is 0 Å². The molecule has 2 rings (SSSR count). The number of sulfonamides is 1. The second-order valence-electron chi connectivity index (χ2n) is 6.28. The number of benzene rings is 2. The summed E-state index contributed by atoms with van der Waals surface area (Å²) >= 11 is 0. The van der Waals surface area contributed by atoms with Gasteiger partial charge in [0.2, 0.25) is 10.0 Å². The number of hydrogen-bond donors (Lipinski definition) is 2. The highest BCUT2D eigenvalue weighted by Gasteiger charge is 2.27. The normalized spacial score (nSPS) is 11.4. The van der Waals surface area contributed by atoms with Crippen LogP contribution in [0.1, 0.15) is 31.1 Å². The van der Waals surface area contributed by atoms with Gasteiger partial charge in [0.15, 0.2) is 0 Å². The molecule has 31 heavy (non-hydrogen) atoms. The quantitative estimate of drug-likeness (QED) is 0.336. The summed E-state index contributed by atoms with van der Waals surface area (Å²) in [6, 6.07) is 5.36. The van der Waals surface area contributed by atoms with Crippen LogP contribution in [-0.2, 0) is 10.0 Å². The second-order valence-corrected chi connectivity index (χ2v) is 8.19. The van der Waals surface area contributed by atoms with E-state index in [1.807, 2.05) is 0 Å². The SMILES string of the molecule is CCOc1ccc(NC(=O)c2cc(F)cc([N+](=O)[O-])c2N)cc1S(=O)(=O)N(CC)CC. The molecule has 3 N–H and O–H groups in total. The first-order valence-corrected chi connectivity index (χ1v) is 10.8. The van der Waals surface area contributed by atoms with Gasteiger partial charge in [0.05, 0.1) is 23.2 Å². The number of anilines is 2. The molecule has 0 unspecified atom stereocenters. The Morgan fingerprint density at radius 2 is 1.87 bits per heavy atom. The number of amides is 1. The maximum Gasteiger partial charge on any atom is 0.295 e. The molecule has 0 radical (unpaired) electrons. The van der Waals surface area contributed by atoms with E-state index in [2.05, 4.69) is 5.32 Å². The third-order valence-corrected chi connectivity index (χ3v) is 6.46.